The van der Waals surface area contributed by atoms with Crippen LogP contribution in [0.1, 0.15) is 22.7 Å². The van der Waals surface area contributed by atoms with E-state index in [0.717, 1.165) is 17.7 Å². The summed E-state index contributed by atoms with van der Waals surface area (Å²) in [5.74, 6) is -1.70. The summed E-state index contributed by atoms with van der Waals surface area (Å²) in [5.41, 5.74) is 8.86. The van der Waals surface area contributed by atoms with Crippen LogP contribution < -0.4 is 5.73 Å². The molecule has 0 amide bonds. The van der Waals surface area contributed by atoms with Crippen LogP contribution in [-0.4, -0.2) is 0 Å². The minimum Gasteiger partial charge on any atom is -0.324 e. The van der Waals surface area contributed by atoms with Crippen molar-refractivity contribution in [3.63, 3.8) is 0 Å². The molecule has 0 saturated heterocycles. The number of nitrogens with two attached hydrogens (primary N) is 1. The van der Waals surface area contributed by atoms with Gasteiger partial charge in [-0.05, 0) is 36.6 Å². The molecule has 2 rings (SSSR count). The van der Waals surface area contributed by atoms with E-state index in [1.807, 2.05) is 31.2 Å². The molecule has 0 aliphatic heterocycles. The molecule has 0 spiro atoms. The van der Waals surface area contributed by atoms with E-state index in [0.29, 0.717) is 12.0 Å². The van der Waals surface area contributed by atoms with E-state index in [1.165, 1.54) is 11.6 Å². The Morgan fingerprint density at radius 2 is 1.67 bits per heavy atom. The number of aryl methyl sites for hydroxylation is 1. The standard InChI is InChI=1S/C15H15F2N/c1-10-2-4-11(5-3-10)8-15(18)12-6-7-13(16)14(17)9-12/h2-7,9,15H,8,18H2,1H3. The zero-order valence-corrected chi connectivity index (χ0v) is 10.2. The van der Waals surface area contributed by atoms with Gasteiger partial charge in [-0.3, -0.25) is 0 Å². The van der Waals surface area contributed by atoms with Gasteiger partial charge in [0.2, 0.25) is 0 Å². The number of hydrogen-bond acceptors (Lipinski definition) is 1. The van der Waals surface area contributed by atoms with E-state index in [2.05, 4.69) is 0 Å². The summed E-state index contributed by atoms with van der Waals surface area (Å²) >= 11 is 0. The molecule has 0 heterocycles. The number of benzene rings is 2. The average Bonchev–Trinajstić information content (AvgIpc) is 2.35. The van der Waals surface area contributed by atoms with E-state index in [4.69, 9.17) is 5.73 Å². The van der Waals surface area contributed by atoms with Gasteiger partial charge in [0, 0.05) is 6.04 Å². The van der Waals surface area contributed by atoms with E-state index in [9.17, 15) is 8.78 Å². The monoisotopic (exact) mass is 247 g/mol. The Balaban J connectivity index is 2.13. The summed E-state index contributed by atoms with van der Waals surface area (Å²) in [6.45, 7) is 2.01. The SMILES string of the molecule is Cc1ccc(CC(N)c2ccc(F)c(F)c2)cc1. The largest absolute Gasteiger partial charge is 0.324 e. The van der Waals surface area contributed by atoms with Gasteiger partial charge in [-0.25, -0.2) is 8.78 Å². The van der Waals surface area contributed by atoms with E-state index >= 15 is 0 Å². The van der Waals surface area contributed by atoms with E-state index in [-0.39, 0.29) is 6.04 Å². The molecule has 1 nitrogen and oxygen atoms in total. The van der Waals surface area contributed by atoms with Crippen molar-refractivity contribution in [2.75, 3.05) is 0 Å². The maximum absolute atomic E-state index is 13.1. The predicted octanol–water partition coefficient (Wildman–Crippen LogP) is 3.52. The molecule has 1 unspecified atom stereocenters. The van der Waals surface area contributed by atoms with Crippen molar-refractivity contribution < 1.29 is 8.78 Å². The van der Waals surface area contributed by atoms with Crippen molar-refractivity contribution in [2.45, 2.75) is 19.4 Å². The van der Waals surface area contributed by atoms with E-state index < -0.39 is 11.6 Å². The first-order chi connectivity index (χ1) is 8.56. The molecule has 0 fully saturated rings. The third-order valence-electron chi connectivity index (χ3n) is 2.95. The minimum absolute atomic E-state index is 0.331. The van der Waals surface area contributed by atoms with Crippen LogP contribution >= 0.6 is 0 Å². The lowest BCUT2D eigenvalue weighted by Crippen LogP contribution is -2.13. The summed E-state index contributed by atoms with van der Waals surface area (Å²) in [5, 5.41) is 0. The van der Waals surface area contributed by atoms with Gasteiger partial charge in [0.25, 0.3) is 0 Å². The molecule has 18 heavy (non-hydrogen) atoms. The summed E-state index contributed by atoms with van der Waals surface area (Å²) in [6, 6.07) is 11.5. The molecular weight excluding hydrogens is 232 g/mol. The highest BCUT2D eigenvalue weighted by Crippen LogP contribution is 2.18. The van der Waals surface area contributed by atoms with Crippen LogP contribution in [0, 0.1) is 18.6 Å². The van der Waals surface area contributed by atoms with Crippen molar-refractivity contribution in [2.24, 2.45) is 5.73 Å². The molecule has 0 aliphatic carbocycles. The molecule has 0 aliphatic rings. The zero-order valence-electron chi connectivity index (χ0n) is 10.2. The Bertz CT molecular complexity index is 535. The third kappa shape index (κ3) is 2.93. The maximum atomic E-state index is 13.1. The fourth-order valence-corrected chi connectivity index (χ4v) is 1.84. The summed E-state index contributed by atoms with van der Waals surface area (Å²) in [7, 11) is 0. The second-order valence-corrected chi connectivity index (χ2v) is 4.47. The molecule has 2 aromatic rings. The smallest absolute Gasteiger partial charge is 0.159 e. The Morgan fingerprint density at radius 3 is 2.28 bits per heavy atom. The van der Waals surface area contributed by atoms with Crippen LogP contribution in [-0.2, 0) is 6.42 Å². The van der Waals surface area contributed by atoms with Crippen LogP contribution in [0.2, 0.25) is 0 Å². The number of halogens is 2. The zero-order chi connectivity index (χ0) is 13.1. The summed E-state index contributed by atoms with van der Waals surface area (Å²) in [6.07, 6.45) is 0.603. The lowest BCUT2D eigenvalue weighted by molar-refractivity contribution is 0.505. The van der Waals surface area contributed by atoms with Gasteiger partial charge < -0.3 is 5.73 Å². The van der Waals surface area contributed by atoms with Crippen molar-refractivity contribution in [3.8, 4) is 0 Å². The maximum Gasteiger partial charge on any atom is 0.159 e. The van der Waals surface area contributed by atoms with Crippen molar-refractivity contribution in [1.29, 1.82) is 0 Å². The lowest BCUT2D eigenvalue weighted by Gasteiger charge is -2.12. The molecule has 2 N–H and O–H groups in total. The van der Waals surface area contributed by atoms with Gasteiger partial charge >= 0.3 is 0 Å². The van der Waals surface area contributed by atoms with Gasteiger partial charge in [-0.2, -0.15) is 0 Å². The molecule has 0 bridgehead atoms. The fraction of sp³-hybridized carbons (Fsp3) is 0.200. The van der Waals surface area contributed by atoms with Crippen LogP contribution in [0.25, 0.3) is 0 Å². The fourth-order valence-electron chi connectivity index (χ4n) is 1.84. The Labute approximate surface area is 105 Å². The molecule has 1 atom stereocenters. The van der Waals surface area contributed by atoms with Gasteiger partial charge in [0.1, 0.15) is 0 Å². The highest BCUT2D eigenvalue weighted by Gasteiger charge is 2.10. The summed E-state index contributed by atoms with van der Waals surface area (Å²) in [4.78, 5) is 0. The lowest BCUT2D eigenvalue weighted by atomic mass is 9.99. The van der Waals surface area contributed by atoms with Crippen LogP contribution in [0.5, 0.6) is 0 Å². The summed E-state index contributed by atoms with van der Waals surface area (Å²) < 4.78 is 25.9. The highest BCUT2D eigenvalue weighted by molar-refractivity contribution is 5.26. The Morgan fingerprint density at radius 1 is 1.00 bits per heavy atom. The van der Waals surface area contributed by atoms with Crippen LogP contribution in [0.15, 0.2) is 42.5 Å². The average molecular weight is 247 g/mol. The topological polar surface area (TPSA) is 26.0 Å². The second kappa shape index (κ2) is 5.27. The van der Waals surface area contributed by atoms with Gasteiger partial charge in [0.15, 0.2) is 11.6 Å². The van der Waals surface area contributed by atoms with E-state index in [1.54, 1.807) is 0 Å². The van der Waals surface area contributed by atoms with Crippen molar-refractivity contribution in [1.82, 2.24) is 0 Å². The minimum atomic E-state index is -0.855. The number of hydrogen-bond donors (Lipinski definition) is 1. The second-order valence-electron chi connectivity index (χ2n) is 4.47. The third-order valence-corrected chi connectivity index (χ3v) is 2.95. The van der Waals surface area contributed by atoms with Crippen molar-refractivity contribution >= 4 is 0 Å². The van der Waals surface area contributed by atoms with Gasteiger partial charge in [-0.15, -0.1) is 0 Å². The first-order valence-corrected chi connectivity index (χ1v) is 5.82. The quantitative estimate of drug-likeness (QED) is 0.882. The molecule has 0 radical (unpaired) electrons. The molecule has 0 saturated carbocycles. The first-order valence-electron chi connectivity index (χ1n) is 5.82. The highest BCUT2D eigenvalue weighted by atomic mass is 19.2. The molecule has 0 aromatic heterocycles. The van der Waals surface area contributed by atoms with Crippen LogP contribution in [0.4, 0.5) is 8.78 Å². The van der Waals surface area contributed by atoms with Gasteiger partial charge in [-0.1, -0.05) is 35.9 Å². The van der Waals surface area contributed by atoms with Crippen LogP contribution in [0.3, 0.4) is 0 Å². The van der Waals surface area contributed by atoms with Gasteiger partial charge in [0.05, 0.1) is 0 Å². The first kappa shape index (κ1) is 12.7. The van der Waals surface area contributed by atoms with Crippen molar-refractivity contribution in [3.05, 3.63) is 70.8 Å². The molecule has 2 aromatic carbocycles. The Kier molecular flexibility index (Phi) is 3.72. The Hall–Kier alpha value is -1.74. The molecule has 94 valence electrons. The molecule has 3 heteroatoms. The molecular formula is C15H15F2N. The predicted molar refractivity (Wildman–Crippen MR) is 68.2 cm³/mol. The normalized spacial score (nSPS) is 12.4. The number of rotatable bonds is 3.